The molecule has 0 unspecified atom stereocenters. The number of hydrogen-bond acceptors (Lipinski definition) is 3. The van der Waals surface area contributed by atoms with Crippen molar-refractivity contribution in [2.24, 2.45) is 0 Å². The molecule has 0 atom stereocenters. The summed E-state index contributed by atoms with van der Waals surface area (Å²) in [6, 6.07) is 0.580. The molecule has 1 saturated carbocycles. The van der Waals surface area contributed by atoms with E-state index in [1.807, 2.05) is 14.0 Å². The van der Waals surface area contributed by atoms with Gasteiger partial charge in [0.15, 0.2) is 0 Å². The Morgan fingerprint density at radius 2 is 1.87 bits per heavy atom. The molecular formula is C12H23NO2. The van der Waals surface area contributed by atoms with Crippen LogP contribution in [0.3, 0.4) is 0 Å². The van der Waals surface area contributed by atoms with E-state index >= 15 is 0 Å². The van der Waals surface area contributed by atoms with E-state index in [2.05, 4.69) is 4.90 Å². The van der Waals surface area contributed by atoms with Gasteiger partial charge in [-0.05, 0) is 26.8 Å². The lowest BCUT2D eigenvalue weighted by Gasteiger charge is -2.25. The molecule has 0 aliphatic heterocycles. The van der Waals surface area contributed by atoms with Crippen molar-refractivity contribution in [3.8, 4) is 0 Å². The fraction of sp³-hybridized carbons (Fsp3) is 0.917. The summed E-state index contributed by atoms with van der Waals surface area (Å²) in [4.78, 5) is 13.5. The van der Waals surface area contributed by atoms with Crippen molar-refractivity contribution in [2.45, 2.75) is 51.5 Å². The van der Waals surface area contributed by atoms with Crippen LogP contribution >= 0.6 is 0 Å². The van der Waals surface area contributed by atoms with Crippen LogP contribution in [0.25, 0.3) is 0 Å². The van der Waals surface area contributed by atoms with Crippen LogP contribution in [0.4, 0.5) is 0 Å². The Morgan fingerprint density at radius 3 is 2.40 bits per heavy atom. The third-order valence-corrected chi connectivity index (χ3v) is 3.13. The van der Waals surface area contributed by atoms with E-state index in [1.165, 1.54) is 38.5 Å². The fourth-order valence-corrected chi connectivity index (χ4v) is 2.24. The van der Waals surface area contributed by atoms with Crippen molar-refractivity contribution in [2.75, 3.05) is 20.2 Å². The number of hydrogen-bond donors (Lipinski definition) is 0. The average molecular weight is 213 g/mol. The van der Waals surface area contributed by atoms with E-state index in [0.717, 1.165) is 0 Å². The first kappa shape index (κ1) is 12.5. The molecule has 0 bridgehead atoms. The van der Waals surface area contributed by atoms with E-state index in [9.17, 15) is 4.79 Å². The summed E-state index contributed by atoms with van der Waals surface area (Å²) < 4.78 is 4.95. The van der Waals surface area contributed by atoms with Crippen LogP contribution in [0.15, 0.2) is 0 Å². The molecule has 1 aliphatic carbocycles. The minimum atomic E-state index is -0.0933. The minimum absolute atomic E-state index is 0.0933. The maximum atomic E-state index is 11.3. The number of likely N-dealkylation sites (N-methyl/N-ethyl adjacent to an activating group) is 1. The van der Waals surface area contributed by atoms with Crippen molar-refractivity contribution in [3.63, 3.8) is 0 Å². The molecule has 0 radical (unpaired) electrons. The fourth-order valence-electron chi connectivity index (χ4n) is 2.24. The Balaban J connectivity index is 2.30. The van der Waals surface area contributed by atoms with Gasteiger partial charge in [-0.2, -0.15) is 0 Å². The second-order valence-corrected chi connectivity index (χ2v) is 4.37. The number of carbonyl (C=O) groups is 1. The third-order valence-electron chi connectivity index (χ3n) is 3.13. The lowest BCUT2D eigenvalue weighted by atomic mass is 10.1. The highest BCUT2D eigenvalue weighted by molar-refractivity contribution is 5.71. The summed E-state index contributed by atoms with van der Waals surface area (Å²) in [5.74, 6) is -0.0933. The maximum absolute atomic E-state index is 11.3. The molecule has 0 spiro atoms. The molecule has 15 heavy (non-hydrogen) atoms. The van der Waals surface area contributed by atoms with E-state index in [4.69, 9.17) is 4.74 Å². The highest BCUT2D eigenvalue weighted by Gasteiger charge is 2.19. The second-order valence-electron chi connectivity index (χ2n) is 4.37. The van der Waals surface area contributed by atoms with Crippen LogP contribution in [0.1, 0.15) is 45.4 Å². The predicted octanol–water partition coefficient (Wildman–Crippen LogP) is 2.20. The van der Waals surface area contributed by atoms with Crippen LogP contribution in [0.2, 0.25) is 0 Å². The largest absolute Gasteiger partial charge is 0.465 e. The average Bonchev–Trinajstić information content (AvgIpc) is 2.45. The van der Waals surface area contributed by atoms with Crippen molar-refractivity contribution >= 4 is 5.97 Å². The lowest BCUT2D eigenvalue weighted by molar-refractivity contribution is -0.144. The normalized spacial score (nSPS) is 18.9. The summed E-state index contributed by atoms with van der Waals surface area (Å²) in [5, 5.41) is 0. The van der Waals surface area contributed by atoms with Gasteiger partial charge in [0.1, 0.15) is 0 Å². The highest BCUT2D eigenvalue weighted by atomic mass is 16.5. The summed E-state index contributed by atoms with van der Waals surface area (Å²) in [6.45, 7) is 2.78. The van der Waals surface area contributed by atoms with Gasteiger partial charge in [0.05, 0.1) is 13.2 Å². The van der Waals surface area contributed by atoms with Crippen molar-refractivity contribution in [3.05, 3.63) is 0 Å². The second kappa shape index (κ2) is 6.83. The molecule has 0 aromatic heterocycles. The van der Waals surface area contributed by atoms with Gasteiger partial charge in [-0.1, -0.05) is 25.7 Å². The van der Waals surface area contributed by atoms with E-state index in [-0.39, 0.29) is 5.97 Å². The van der Waals surface area contributed by atoms with E-state index < -0.39 is 0 Å². The molecule has 1 rings (SSSR count). The van der Waals surface area contributed by atoms with Crippen molar-refractivity contribution < 1.29 is 9.53 Å². The Bertz CT molecular complexity index is 186. The standard InChI is InChI=1S/C12H23NO2/c1-3-15-12(14)10-13(2)11-8-6-4-5-7-9-11/h11H,3-10H2,1-2H3. The summed E-state index contributed by atoms with van der Waals surface area (Å²) in [6.07, 6.45) is 7.77. The number of nitrogens with zero attached hydrogens (tertiary/aromatic N) is 1. The molecule has 0 aromatic rings. The summed E-state index contributed by atoms with van der Waals surface area (Å²) in [7, 11) is 2.03. The van der Waals surface area contributed by atoms with Crippen LogP contribution < -0.4 is 0 Å². The molecular weight excluding hydrogens is 190 g/mol. The minimum Gasteiger partial charge on any atom is -0.465 e. The molecule has 0 amide bonds. The Labute approximate surface area is 92.8 Å². The first-order chi connectivity index (χ1) is 7.24. The quantitative estimate of drug-likeness (QED) is 0.529. The zero-order valence-corrected chi connectivity index (χ0v) is 10.00. The monoisotopic (exact) mass is 213 g/mol. The zero-order valence-electron chi connectivity index (χ0n) is 10.00. The van der Waals surface area contributed by atoms with Crippen LogP contribution in [-0.2, 0) is 9.53 Å². The van der Waals surface area contributed by atoms with Gasteiger partial charge in [-0.3, -0.25) is 9.69 Å². The van der Waals surface area contributed by atoms with Gasteiger partial charge in [0.2, 0.25) is 0 Å². The van der Waals surface area contributed by atoms with Gasteiger partial charge in [-0.15, -0.1) is 0 Å². The first-order valence-corrected chi connectivity index (χ1v) is 6.10. The van der Waals surface area contributed by atoms with Crippen molar-refractivity contribution in [1.29, 1.82) is 0 Å². The lowest BCUT2D eigenvalue weighted by Crippen LogP contribution is -2.36. The number of ether oxygens (including phenoxy) is 1. The molecule has 1 aliphatic rings. The molecule has 0 heterocycles. The SMILES string of the molecule is CCOC(=O)CN(C)C1CCCCCC1. The first-order valence-electron chi connectivity index (χ1n) is 6.10. The van der Waals surface area contributed by atoms with Crippen LogP contribution in [0.5, 0.6) is 0 Å². The number of esters is 1. The summed E-state index contributed by atoms with van der Waals surface area (Å²) in [5.41, 5.74) is 0. The topological polar surface area (TPSA) is 29.5 Å². The Hall–Kier alpha value is -0.570. The van der Waals surface area contributed by atoms with Crippen LogP contribution in [-0.4, -0.2) is 37.1 Å². The number of rotatable bonds is 4. The molecule has 3 heteroatoms. The van der Waals surface area contributed by atoms with Crippen LogP contribution in [0, 0.1) is 0 Å². The van der Waals surface area contributed by atoms with Gasteiger partial charge < -0.3 is 4.74 Å². The van der Waals surface area contributed by atoms with Crippen molar-refractivity contribution in [1.82, 2.24) is 4.90 Å². The van der Waals surface area contributed by atoms with Gasteiger partial charge in [0.25, 0.3) is 0 Å². The molecule has 0 saturated heterocycles. The highest BCUT2D eigenvalue weighted by Crippen LogP contribution is 2.20. The molecule has 0 aromatic carbocycles. The summed E-state index contributed by atoms with van der Waals surface area (Å²) >= 11 is 0. The Morgan fingerprint density at radius 1 is 1.27 bits per heavy atom. The smallest absolute Gasteiger partial charge is 0.320 e. The van der Waals surface area contributed by atoms with Gasteiger partial charge in [0, 0.05) is 6.04 Å². The maximum Gasteiger partial charge on any atom is 0.320 e. The van der Waals surface area contributed by atoms with Gasteiger partial charge >= 0.3 is 5.97 Å². The van der Waals surface area contributed by atoms with Gasteiger partial charge in [-0.25, -0.2) is 0 Å². The van der Waals surface area contributed by atoms with E-state index in [1.54, 1.807) is 0 Å². The molecule has 3 nitrogen and oxygen atoms in total. The molecule has 88 valence electrons. The van der Waals surface area contributed by atoms with E-state index in [0.29, 0.717) is 19.2 Å². The molecule has 0 N–H and O–H groups in total. The Kier molecular flexibility index (Phi) is 5.69. The zero-order chi connectivity index (χ0) is 11.1. The molecule has 1 fully saturated rings. The number of carbonyl (C=O) groups excluding carboxylic acids is 1. The predicted molar refractivity (Wildman–Crippen MR) is 60.8 cm³/mol. The third kappa shape index (κ3) is 4.65.